The van der Waals surface area contributed by atoms with Crippen molar-refractivity contribution < 1.29 is 23.4 Å². The fraction of sp³-hybridized carbons (Fsp3) is 0.536. The van der Waals surface area contributed by atoms with Gasteiger partial charge >= 0.3 is 0 Å². The Labute approximate surface area is 205 Å². The second kappa shape index (κ2) is 13.9. The summed E-state index contributed by atoms with van der Waals surface area (Å²) < 4.78 is 25.5. The summed E-state index contributed by atoms with van der Waals surface area (Å²) in [7, 11) is -1.88. The van der Waals surface area contributed by atoms with Crippen LogP contribution < -0.4 is 0 Å². The van der Waals surface area contributed by atoms with E-state index in [2.05, 4.69) is 32.9 Å². The van der Waals surface area contributed by atoms with Crippen LogP contribution in [0, 0.1) is 0 Å². The third-order valence-corrected chi connectivity index (χ3v) is 11.7. The van der Waals surface area contributed by atoms with Crippen LogP contribution >= 0.6 is 0 Å². The van der Waals surface area contributed by atoms with Gasteiger partial charge in [-0.15, -0.1) is 0 Å². The van der Waals surface area contributed by atoms with E-state index < -0.39 is 14.4 Å². The molecule has 1 fully saturated rings. The van der Waals surface area contributed by atoms with E-state index in [0.29, 0.717) is 19.8 Å². The van der Waals surface area contributed by atoms with Crippen LogP contribution in [0.15, 0.2) is 60.7 Å². The summed E-state index contributed by atoms with van der Waals surface area (Å²) in [4.78, 5) is 12.1. The molecule has 0 unspecified atom stereocenters. The van der Waals surface area contributed by atoms with E-state index in [1.54, 1.807) is 0 Å². The molecule has 3 rings (SSSR count). The van der Waals surface area contributed by atoms with Crippen LogP contribution in [0.3, 0.4) is 0 Å². The largest absolute Gasteiger partial charge is 0.411 e. The predicted molar refractivity (Wildman–Crippen MR) is 137 cm³/mol. The van der Waals surface area contributed by atoms with Gasteiger partial charge in [0.15, 0.2) is 14.6 Å². The van der Waals surface area contributed by atoms with Crippen LogP contribution in [0.5, 0.6) is 0 Å². The van der Waals surface area contributed by atoms with E-state index in [0.717, 1.165) is 48.4 Å². The number of hydrogen-bond donors (Lipinski definition) is 0. The first-order valence-electron chi connectivity index (χ1n) is 12.7. The van der Waals surface area contributed by atoms with Gasteiger partial charge in [-0.2, -0.15) is 0 Å². The summed E-state index contributed by atoms with van der Waals surface area (Å²) in [6.45, 7) is 7.98. The third kappa shape index (κ3) is 7.59. The summed E-state index contributed by atoms with van der Waals surface area (Å²) in [5, 5.41) is 0. The average molecular weight is 485 g/mol. The minimum atomic E-state index is -1.88. The Hall–Kier alpha value is -1.83. The molecule has 0 aromatic heterocycles. The molecule has 186 valence electrons. The van der Waals surface area contributed by atoms with E-state index >= 15 is 0 Å². The number of carbonyl (C=O) groups is 1. The van der Waals surface area contributed by atoms with Crippen molar-refractivity contribution in [2.75, 3.05) is 6.61 Å². The quantitative estimate of drug-likeness (QED) is 0.261. The first-order chi connectivity index (χ1) is 16.6. The van der Waals surface area contributed by atoms with Crippen LogP contribution in [0.1, 0.15) is 44.7 Å². The van der Waals surface area contributed by atoms with Crippen LogP contribution in [0.25, 0.3) is 0 Å². The fourth-order valence-electron chi connectivity index (χ4n) is 4.60. The Morgan fingerprint density at radius 2 is 1.41 bits per heavy atom. The lowest BCUT2D eigenvalue weighted by atomic mass is 10.1. The van der Waals surface area contributed by atoms with Gasteiger partial charge in [-0.25, -0.2) is 0 Å². The number of benzene rings is 2. The molecule has 0 bridgehead atoms. The zero-order valence-electron chi connectivity index (χ0n) is 20.9. The van der Waals surface area contributed by atoms with Crippen molar-refractivity contribution in [3.05, 3.63) is 71.8 Å². The van der Waals surface area contributed by atoms with Crippen LogP contribution in [0.4, 0.5) is 0 Å². The highest BCUT2D eigenvalue weighted by Crippen LogP contribution is 2.30. The van der Waals surface area contributed by atoms with Crippen LogP contribution in [0.2, 0.25) is 18.1 Å². The van der Waals surface area contributed by atoms with Crippen molar-refractivity contribution in [3.8, 4) is 0 Å². The second-order valence-corrected chi connectivity index (χ2v) is 13.8. The molecule has 1 aliphatic rings. The second-order valence-electron chi connectivity index (χ2n) is 9.09. The number of ether oxygens (including phenoxy) is 3. The molecule has 2 aromatic carbocycles. The van der Waals surface area contributed by atoms with Gasteiger partial charge in [0, 0.05) is 0 Å². The molecule has 6 heteroatoms. The fourth-order valence-corrected chi connectivity index (χ4v) is 7.50. The first-order valence-corrected chi connectivity index (χ1v) is 15.2. The minimum Gasteiger partial charge on any atom is -0.411 e. The lowest BCUT2D eigenvalue weighted by molar-refractivity contribution is -0.149. The molecule has 0 N–H and O–H groups in total. The maximum atomic E-state index is 12.1. The van der Waals surface area contributed by atoms with Crippen molar-refractivity contribution in [2.45, 2.75) is 89.4 Å². The summed E-state index contributed by atoms with van der Waals surface area (Å²) >= 11 is 0. The van der Waals surface area contributed by atoms with Crippen molar-refractivity contribution >= 4 is 14.6 Å². The SMILES string of the molecule is CC[Si](CC)(CC)O[C@@H]1CC[C@H](OCc2ccccc2)[C@@H](COCc2ccccc2)O[C@H]1C=O. The molecule has 1 heterocycles. The highest BCUT2D eigenvalue weighted by atomic mass is 28.4. The monoisotopic (exact) mass is 484 g/mol. The lowest BCUT2D eigenvalue weighted by Gasteiger charge is -2.35. The maximum Gasteiger partial charge on any atom is 0.192 e. The molecule has 4 atom stereocenters. The molecule has 5 nitrogen and oxygen atoms in total. The first kappa shape index (κ1) is 26.8. The highest BCUT2D eigenvalue weighted by molar-refractivity contribution is 6.73. The summed E-state index contributed by atoms with van der Waals surface area (Å²) in [5.74, 6) is 0. The van der Waals surface area contributed by atoms with Crippen molar-refractivity contribution in [2.24, 2.45) is 0 Å². The van der Waals surface area contributed by atoms with Crippen molar-refractivity contribution in [1.29, 1.82) is 0 Å². The van der Waals surface area contributed by atoms with Gasteiger partial charge < -0.3 is 23.4 Å². The standard InChI is InChI=1S/C28H40O5Si/c1-4-34(5-2,6-3)33-26-18-17-25(31-21-24-15-11-8-12-16-24)28(32-27(26)19-29)22-30-20-23-13-9-7-10-14-23/h7-16,19,25-28H,4-6,17-18,20-22H2,1-3H3/t25-,26+,27-,28+/m0/s1. The van der Waals surface area contributed by atoms with Gasteiger partial charge in [0.25, 0.3) is 0 Å². The normalized spacial score (nSPS) is 23.4. The van der Waals surface area contributed by atoms with E-state index in [-0.39, 0.29) is 18.3 Å². The number of rotatable bonds is 13. The van der Waals surface area contributed by atoms with Crippen molar-refractivity contribution in [1.82, 2.24) is 0 Å². The zero-order chi connectivity index (χ0) is 24.2. The van der Waals surface area contributed by atoms with E-state index in [4.69, 9.17) is 18.6 Å². The molecule has 2 aromatic rings. The Morgan fingerprint density at radius 1 is 0.853 bits per heavy atom. The third-order valence-electron chi connectivity index (χ3n) is 7.02. The Morgan fingerprint density at radius 3 is 1.97 bits per heavy atom. The Kier molecular flexibility index (Phi) is 10.9. The molecule has 0 saturated carbocycles. The molecule has 1 aliphatic heterocycles. The van der Waals surface area contributed by atoms with Crippen LogP contribution in [-0.4, -0.2) is 45.6 Å². The predicted octanol–water partition coefficient (Wildman–Crippen LogP) is 5.93. The average Bonchev–Trinajstić information content (AvgIpc) is 3.06. The van der Waals surface area contributed by atoms with E-state index in [1.165, 1.54) is 0 Å². The topological polar surface area (TPSA) is 54.0 Å². The van der Waals surface area contributed by atoms with Gasteiger partial charge in [-0.3, -0.25) is 0 Å². The Balaban J connectivity index is 1.71. The van der Waals surface area contributed by atoms with Gasteiger partial charge in [0.2, 0.25) is 0 Å². The smallest absolute Gasteiger partial charge is 0.192 e. The van der Waals surface area contributed by atoms with Gasteiger partial charge in [-0.05, 0) is 42.1 Å². The van der Waals surface area contributed by atoms with E-state index in [1.807, 2.05) is 48.5 Å². The number of carbonyl (C=O) groups excluding carboxylic acids is 1. The summed E-state index contributed by atoms with van der Waals surface area (Å²) in [6.07, 6.45) is 1.08. The summed E-state index contributed by atoms with van der Waals surface area (Å²) in [5.41, 5.74) is 2.22. The van der Waals surface area contributed by atoms with Gasteiger partial charge in [-0.1, -0.05) is 81.4 Å². The molecule has 0 amide bonds. The summed E-state index contributed by atoms with van der Waals surface area (Å²) in [6, 6.07) is 23.3. The number of aldehydes is 1. The lowest BCUT2D eigenvalue weighted by Crippen LogP contribution is -2.46. The van der Waals surface area contributed by atoms with Crippen molar-refractivity contribution in [3.63, 3.8) is 0 Å². The molecular weight excluding hydrogens is 444 g/mol. The minimum absolute atomic E-state index is 0.173. The van der Waals surface area contributed by atoms with E-state index in [9.17, 15) is 4.79 Å². The zero-order valence-corrected chi connectivity index (χ0v) is 21.9. The Bertz CT molecular complexity index is 819. The molecular formula is C28H40O5Si. The van der Waals surface area contributed by atoms with Crippen LogP contribution in [-0.2, 0) is 36.6 Å². The van der Waals surface area contributed by atoms with Gasteiger partial charge in [0.1, 0.15) is 12.2 Å². The van der Waals surface area contributed by atoms with Gasteiger partial charge in [0.05, 0.1) is 32.0 Å². The molecule has 34 heavy (non-hydrogen) atoms. The highest BCUT2D eigenvalue weighted by Gasteiger charge is 2.40. The molecule has 0 aliphatic carbocycles. The maximum absolute atomic E-state index is 12.1. The molecule has 1 saturated heterocycles. The molecule has 0 spiro atoms. The number of hydrogen-bond acceptors (Lipinski definition) is 5. The molecule has 0 radical (unpaired) electrons.